The van der Waals surface area contributed by atoms with Crippen LogP contribution >= 0.6 is 12.4 Å². The Kier molecular flexibility index (Phi) is 6.23. The summed E-state index contributed by atoms with van der Waals surface area (Å²) < 4.78 is 10.5. The number of benzene rings is 1. The molecule has 3 aromatic rings. The Hall–Kier alpha value is -3.58. The van der Waals surface area contributed by atoms with E-state index in [1.165, 1.54) is 18.3 Å². The molecule has 30 heavy (non-hydrogen) atoms. The number of aliphatic hydroxyl groups excluding tert-OH is 1. The van der Waals surface area contributed by atoms with Crippen LogP contribution in [0.3, 0.4) is 0 Å². The first kappa shape index (κ1) is 21.1. The molecule has 0 radical (unpaired) electrons. The number of aromatic nitrogens is 1. The first-order valence-corrected chi connectivity index (χ1v) is 8.95. The Bertz CT molecular complexity index is 1060. The maximum Gasteiger partial charge on any atom is 0.296 e. The molecule has 2 aromatic heterocycles. The molecule has 0 aliphatic carbocycles. The maximum atomic E-state index is 12.9. The smallest absolute Gasteiger partial charge is 0.296 e. The van der Waals surface area contributed by atoms with Crippen molar-refractivity contribution in [1.29, 1.82) is 0 Å². The second kappa shape index (κ2) is 8.84. The van der Waals surface area contributed by atoms with Crippen LogP contribution in [0.1, 0.15) is 22.9 Å². The van der Waals surface area contributed by atoms with Gasteiger partial charge in [-0.2, -0.15) is 0 Å². The van der Waals surface area contributed by atoms with E-state index in [1.54, 1.807) is 60.9 Å². The Balaban J connectivity index is 0.00000256. The van der Waals surface area contributed by atoms with Crippen LogP contribution in [0, 0.1) is 0 Å². The first-order chi connectivity index (χ1) is 14.1. The molecule has 1 saturated heterocycles. The summed E-state index contributed by atoms with van der Waals surface area (Å²) >= 11 is 0. The van der Waals surface area contributed by atoms with E-state index in [9.17, 15) is 14.7 Å². The van der Waals surface area contributed by atoms with Crippen molar-refractivity contribution in [2.45, 2.75) is 12.6 Å². The van der Waals surface area contributed by atoms with Crippen LogP contribution in [0.15, 0.2) is 77.2 Å². The van der Waals surface area contributed by atoms with Crippen molar-refractivity contribution < 1.29 is 23.8 Å². The number of ether oxygens (including phenoxy) is 1. The molecule has 1 aliphatic heterocycles. The molecular weight excluding hydrogens is 408 g/mol. The number of likely N-dealkylation sites (tertiary alicyclic amines) is 1. The van der Waals surface area contributed by atoms with E-state index in [-0.39, 0.29) is 30.3 Å². The lowest BCUT2D eigenvalue weighted by Gasteiger charge is -2.24. The number of carbonyl (C=O) groups excluding carboxylic acids is 2. The quantitative estimate of drug-likeness (QED) is 0.379. The standard InChI is InChI=1S/C22H18N2O5.ClH/c1-28-16-8-6-14(7-9-16)20(25)18-19(15-4-2-10-23-12-15)24(22(27)21(18)26)13-17-5-3-11-29-17;/h2-12,19,25H,13H2,1H3;1H/b20-18+;. The number of rotatable bonds is 5. The van der Waals surface area contributed by atoms with Gasteiger partial charge in [0.15, 0.2) is 0 Å². The number of carbonyl (C=O) groups is 2. The fourth-order valence-corrected chi connectivity index (χ4v) is 3.40. The molecule has 1 unspecified atom stereocenters. The third kappa shape index (κ3) is 3.79. The molecule has 4 rings (SSSR count). The summed E-state index contributed by atoms with van der Waals surface area (Å²) in [6.07, 6.45) is 4.68. The summed E-state index contributed by atoms with van der Waals surface area (Å²) in [6.45, 7) is 0.0938. The number of ketones is 1. The molecule has 0 bridgehead atoms. The van der Waals surface area contributed by atoms with Gasteiger partial charge in [0.25, 0.3) is 11.7 Å². The van der Waals surface area contributed by atoms with Gasteiger partial charge in [-0.25, -0.2) is 0 Å². The number of pyridine rings is 1. The van der Waals surface area contributed by atoms with Crippen molar-refractivity contribution in [2.75, 3.05) is 7.11 Å². The molecule has 1 aliphatic rings. The van der Waals surface area contributed by atoms with Crippen molar-refractivity contribution in [3.05, 3.63) is 89.6 Å². The van der Waals surface area contributed by atoms with Crippen molar-refractivity contribution in [3.8, 4) is 5.75 Å². The fourth-order valence-electron chi connectivity index (χ4n) is 3.40. The topological polar surface area (TPSA) is 92.9 Å². The highest BCUT2D eigenvalue weighted by Gasteiger charge is 2.46. The first-order valence-electron chi connectivity index (χ1n) is 8.95. The molecule has 8 heteroatoms. The third-order valence-corrected chi connectivity index (χ3v) is 4.81. The molecule has 0 saturated carbocycles. The monoisotopic (exact) mass is 426 g/mol. The zero-order valence-corrected chi connectivity index (χ0v) is 16.8. The minimum atomic E-state index is -0.782. The lowest BCUT2D eigenvalue weighted by molar-refractivity contribution is -0.140. The number of nitrogens with zero attached hydrogens (tertiary/aromatic N) is 2. The van der Waals surface area contributed by atoms with Crippen LogP contribution in [0.25, 0.3) is 5.76 Å². The van der Waals surface area contributed by atoms with Crippen LogP contribution < -0.4 is 4.74 Å². The van der Waals surface area contributed by atoms with Crippen LogP contribution in [-0.2, 0) is 16.1 Å². The van der Waals surface area contributed by atoms with Gasteiger partial charge in [-0.3, -0.25) is 14.6 Å². The molecule has 1 fully saturated rings. The summed E-state index contributed by atoms with van der Waals surface area (Å²) in [4.78, 5) is 31.2. The molecule has 3 heterocycles. The van der Waals surface area contributed by atoms with E-state index in [4.69, 9.17) is 9.15 Å². The summed E-state index contributed by atoms with van der Waals surface area (Å²) in [5.41, 5.74) is 1.05. The summed E-state index contributed by atoms with van der Waals surface area (Å²) in [5.74, 6) is -0.556. The van der Waals surface area contributed by atoms with E-state index in [0.29, 0.717) is 22.6 Å². The zero-order chi connectivity index (χ0) is 20.4. The average molecular weight is 427 g/mol. The van der Waals surface area contributed by atoms with Gasteiger partial charge in [0, 0.05) is 18.0 Å². The average Bonchev–Trinajstić information content (AvgIpc) is 3.36. The van der Waals surface area contributed by atoms with E-state index in [2.05, 4.69) is 4.98 Å². The van der Waals surface area contributed by atoms with Crippen LogP contribution in [-0.4, -0.2) is 33.8 Å². The second-order valence-electron chi connectivity index (χ2n) is 6.52. The molecule has 1 atom stereocenters. The molecule has 1 N–H and O–H groups in total. The van der Waals surface area contributed by atoms with Gasteiger partial charge in [0.1, 0.15) is 17.3 Å². The highest BCUT2D eigenvalue weighted by molar-refractivity contribution is 6.46. The predicted octanol–water partition coefficient (Wildman–Crippen LogP) is 3.73. The van der Waals surface area contributed by atoms with Crippen molar-refractivity contribution >= 4 is 29.9 Å². The normalized spacial score (nSPS) is 17.6. The minimum Gasteiger partial charge on any atom is -0.507 e. The van der Waals surface area contributed by atoms with E-state index < -0.39 is 17.7 Å². The Morgan fingerprint density at radius 1 is 1.17 bits per heavy atom. The van der Waals surface area contributed by atoms with Crippen LogP contribution in [0.2, 0.25) is 0 Å². The van der Waals surface area contributed by atoms with Gasteiger partial charge in [-0.15, -0.1) is 12.4 Å². The number of halogens is 1. The van der Waals surface area contributed by atoms with Gasteiger partial charge >= 0.3 is 0 Å². The Morgan fingerprint density at radius 3 is 2.53 bits per heavy atom. The van der Waals surface area contributed by atoms with Gasteiger partial charge in [0.05, 0.1) is 31.5 Å². The lowest BCUT2D eigenvalue weighted by Crippen LogP contribution is -2.29. The summed E-state index contributed by atoms with van der Waals surface area (Å²) in [6, 6.07) is 12.8. The van der Waals surface area contributed by atoms with Gasteiger partial charge < -0.3 is 19.2 Å². The highest BCUT2D eigenvalue weighted by Crippen LogP contribution is 2.40. The predicted molar refractivity (Wildman–Crippen MR) is 111 cm³/mol. The SMILES string of the molecule is COc1ccc(/C(O)=C2\C(=O)C(=O)N(Cc3ccco3)C2c2cccnc2)cc1.Cl. The number of aliphatic hydroxyl groups is 1. The molecule has 7 nitrogen and oxygen atoms in total. The van der Waals surface area contributed by atoms with E-state index in [0.717, 1.165) is 0 Å². The molecular formula is C22H19ClN2O5. The second-order valence-corrected chi connectivity index (χ2v) is 6.52. The lowest BCUT2D eigenvalue weighted by atomic mass is 9.96. The Morgan fingerprint density at radius 2 is 1.93 bits per heavy atom. The third-order valence-electron chi connectivity index (χ3n) is 4.81. The van der Waals surface area contributed by atoms with Crippen LogP contribution in [0.5, 0.6) is 5.75 Å². The highest BCUT2D eigenvalue weighted by atomic mass is 35.5. The molecule has 1 amide bonds. The van der Waals surface area contributed by atoms with E-state index >= 15 is 0 Å². The minimum absolute atomic E-state index is 0. The van der Waals surface area contributed by atoms with Gasteiger partial charge in [-0.05, 0) is 48.0 Å². The maximum absolute atomic E-state index is 12.9. The number of hydrogen-bond acceptors (Lipinski definition) is 6. The largest absolute Gasteiger partial charge is 0.507 e. The van der Waals surface area contributed by atoms with E-state index in [1.807, 2.05) is 0 Å². The number of methoxy groups -OCH3 is 1. The van der Waals surface area contributed by atoms with Crippen LogP contribution in [0.4, 0.5) is 0 Å². The molecule has 0 spiro atoms. The Labute approximate surface area is 179 Å². The van der Waals surface area contributed by atoms with Gasteiger partial charge in [-0.1, -0.05) is 6.07 Å². The molecule has 1 aromatic carbocycles. The van der Waals surface area contributed by atoms with Crippen molar-refractivity contribution in [2.24, 2.45) is 0 Å². The summed E-state index contributed by atoms with van der Waals surface area (Å²) in [7, 11) is 1.54. The fraction of sp³-hybridized carbons (Fsp3) is 0.136. The number of amides is 1. The van der Waals surface area contributed by atoms with Crippen molar-refractivity contribution in [3.63, 3.8) is 0 Å². The zero-order valence-electron chi connectivity index (χ0n) is 16.0. The number of Topliss-reactive ketones (excluding diaryl/α,β-unsaturated/α-hetero) is 1. The number of furan rings is 1. The molecule has 154 valence electrons. The van der Waals surface area contributed by atoms with Gasteiger partial charge in [0.2, 0.25) is 0 Å². The summed E-state index contributed by atoms with van der Waals surface area (Å²) in [5, 5.41) is 10.9. The number of hydrogen-bond donors (Lipinski definition) is 1. The van der Waals surface area contributed by atoms with Crippen molar-refractivity contribution in [1.82, 2.24) is 9.88 Å².